The molecule has 1 aromatic heterocycles. The van der Waals surface area contributed by atoms with Crippen LogP contribution in [0.1, 0.15) is 11.1 Å². The molecule has 0 bridgehead atoms. The van der Waals surface area contributed by atoms with E-state index in [4.69, 9.17) is 4.74 Å². The molecule has 0 amide bonds. The van der Waals surface area contributed by atoms with Crippen molar-refractivity contribution in [2.24, 2.45) is 0 Å². The van der Waals surface area contributed by atoms with Crippen LogP contribution >= 0.6 is 0 Å². The van der Waals surface area contributed by atoms with Gasteiger partial charge in [0.1, 0.15) is 5.75 Å². The van der Waals surface area contributed by atoms with Crippen LogP contribution in [0.15, 0.2) is 67.0 Å². The summed E-state index contributed by atoms with van der Waals surface area (Å²) in [6.45, 7) is -4.99. The average molecular weight is 572 g/mol. The minimum absolute atomic E-state index is 0.0748. The van der Waals surface area contributed by atoms with Gasteiger partial charge in [0.2, 0.25) is 0 Å². The molecule has 0 aliphatic heterocycles. The molecule has 2 aromatic carbocycles. The summed E-state index contributed by atoms with van der Waals surface area (Å²) in [5.74, 6) is -6.01. The number of hydrogen-bond donors (Lipinski definition) is 1. The Balaban J connectivity index is 1.95. The number of rotatable bonds is 10. The monoisotopic (exact) mass is 572 g/mol. The van der Waals surface area contributed by atoms with Gasteiger partial charge >= 0.3 is 24.9 Å². The Kier molecular flexibility index (Phi) is 8.83. The van der Waals surface area contributed by atoms with Crippen LogP contribution in [0.25, 0.3) is 0 Å². The van der Waals surface area contributed by atoms with Crippen molar-refractivity contribution >= 4 is 5.69 Å². The zero-order valence-corrected chi connectivity index (χ0v) is 19.4. The minimum Gasteiger partial charge on any atom is -0.453 e. The number of aliphatic hydroxyl groups excluding tert-OH is 1. The van der Waals surface area contributed by atoms with Crippen LogP contribution in [0, 0.1) is 0 Å². The van der Waals surface area contributed by atoms with Crippen molar-refractivity contribution in [3.05, 3.63) is 78.1 Å². The highest BCUT2D eigenvalue weighted by Crippen LogP contribution is 2.44. The van der Waals surface area contributed by atoms with Crippen LogP contribution in [-0.4, -0.2) is 41.7 Å². The summed E-state index contributed by atoms with van der Waals surface area (Å²) >= 11 is 0. The number of halogens is 10. The standard InChI is InChI=1S/C24H18F10N2O3/c25-21(26)39-19-11-35-8-7-18(19)38-17-6-2-5-16(10-17)36(13-20(37)23(29,30)31)12-14-3-1-4-15(9-14)22(27,28)24(32,33)34/h1-11,20-21,37H,12-13H2. The summed E-state index contributed by atoms with van der Waals surface area (Å²) in [5.41, 5.74) is -1.72. The second kappa shape index (κ2) is 11.6. The van der Waals surface area contributed by atoms with Crippen molar-refractivity contribution < 1.29 is 58.5 Å². The molecule has 5 nitrogen and oxygen atoms in total. The van der Waals surface area contributed by atoms with E-state index in [1.807, 2.05) is 0 Å². The fourth-order valence-electron chi connectivity index (χ4n) is 3.33. The smallest absolute Gasteiger partial charge is 0.453 e. The van der Waals surface area contributed by atoms with Crippen LogP contribution in [-0.2, 0) is 12.5 Å². The highest BCUT2D eigenvalue weighted by molar-refractivity contribution is 5.53. The Hall–Kier alpha value is -3.75. The largest absolute Gasteiger partial charge is 0.458 e. The Bertz CT molecular complexity index is 1250. The SMILES string of the molecule is OC(CN(Cc1cccc(C(F)(F)C(F)(F)F)c1)c1cccc(Oc2ccncc2OC(F)F)c1)C(F)(F)F. The van der Waals surface area contributed by atoms with Crippen LogP contribution in [0.2, 0.25) is 0 Å². The molecule has 0 saturated carbocycles. The molecule has 0 fully saturated rings. The maximum Gasteiger partial charge on any atom is 0.458 e. The first-order chi connectivity index (χ1) is 18.1. The molecule has 0 aliphatic carbocycles. The van der Waals surface area contributed by atoms with Crippen LogP contribution < -0.4 is 14.4 Å². The predicted octanol–water partition coefficient (Wildman–Crippen LogP) is 7.06. The lowest BCUT2D eigenvalue weighted by molar-refractivity contribution is -0.289. The molecular formula is C24H18F10N2O3. The zero-order valence-electron chi connectivity index (χ0n) is 19.4. The number of pyridine rings is 1. The first kappa shape index (κ1) is 29.8. The van der Waals surface area contributed by atoms with Crippen molar-refractivity contribution in [1.29, 1.82) is 0 Å². The third-order valence-corrected chi connectivity index (χ3v) is 5.16. The van der Waals surface area contributed by atoms with Gasteiger partial charge in [-0.2, -0.15) is 43.9 Å². The van der Waals surface area contributed by atoms with Gasteiger partial charge in [-0.25, -0.2) is 0 Å². The van der Waals surface area contributed by atoms with Gasteiger partial charge in [-0.15, -0.1) is 0 Å². The van der Waals surface area contributed by atoms with Gasteiger partial charge in [-0.05, 0) is 23.8 Å². The molecule has 0 aliphatic rings. The Labute approximate surface area is 214 Å². The average Bonchev–Trinajstić information content (AvgIpc) is 2.83. The second-order valence-corrected chi connectivity index (χ2v) is 8.01. The Morgan fingerprint density at radius 3 is 2.21 bits per heavy atom. The number of nitrogens with zero attached hydrogens (tertiary/aromatic N) is 2. The lowest BCUT2D eigenvalue weighted by Crippen LogP contribution is -2.41. The van der Waals surface area contributed by atoms with Gasteiger partial charge in [0.05, 0.1) is 12.7 Å². The molecule has 0 radical (unpaired) electrons. The number of alkyl halides is 10. The number of anilines is 1. The number of aliphatic hydroxyl groups is 1. The van der Waals surface area contributed by atoms with Gasteiger partial charge in [0, 0.05) is 36.1 Å². The van der Waals surface area contributed by atoms with Gasteiger partial charge in [-0.3, -0.25) is 4.98 Å². The molecular weight excluding hydrogens is 554 g/mol. The Morgan fingerprint density at radius 1 is 0.872 bits per heavy atom. The van der Waals surface area contributed by atoms with Crippen LogP contribution in [0.4, 0.5) is 49.6 Å². The topological polar surface area (TPSA) is 54.8 Å². The quantitative estimate of drug-likeness (QED) is 0.264. The highest BCUT2D eigenvalue weighted by Gasteiger charge is 2.58. The van der Waals surface area contributed by atoms with Gasteiger partial charge in [0.15, 0.2) is 17.6 Å². The van der Waals surface area contributed by atoms with Gasteiger partial charge < -0.3 is 19.5 Å². The molecule has 1 N–H and O–H groups in total. The van der Waals surface area contributed by atoms with E-state index in [-0.39, 0.29) is 22.7 Å². The van der Waals surface area contributed by atoms with Crippen LogP contribution in [0.3, 0.4) is 0 Å². The molecule has 1 atom stereocenters. The third-order valence-electron chi connectivity index (χ3n) is 5.16. The molecule has 3 rings (SSSR count). The van der Waals surface area contributed by atoms with E-state index in [1.54, 1.807) is 0 Å². The van der Waals surface area contributed by atoms with E-state index in [0.717, 1.165) is 29.3 Å². The van der Waals surface area contributed by atoms with E-state index in [9.17, 15) is 49.0 Å². The zero-order chi connectivity index (χ0) is 29.0. The first-order valence-corrected chi connectivity index (χ1v) is 10.8. The summed E-state index contributed by atoms with van der Waals surface area (Å²) in [7, 11) is 0. The van der Waals surface area contributed by atoms with Gasteiger partial charge in [0.25, 0.3) is 0 Å². The molecule has 212 valence electrons. The molecule has 1 heterocycles. The highest BCUT2D eigenvalue weighted by atomic mass is 19.4. The number of benzene rings is 2. The van der Waals surface area contributed by atoms with E-state index in [2.05, 4.69) is 9.72 Å². The maximum atomic E-state index is 13.8. The van der Waals surface area contributed by atoms with Crippen molar-refractivity contribution in [2.75, 3.05) is 11.4 Å². The second-order valence-electron chi connectivity index (χ2n) is 8.01. The summed E-state index contributed by atoms with van der Waals surface area (Å²) in [4.78, 5) is 4.50. The molecule has 3 aromatic rings. The summed E-state index contributed by atoms with van der Waals surface area (Å²) in [6.07, 6.45) is -11.8. The van der Waals surface area contributed by atoms with Crippen molar-refractivity contribution in [1.82, 2.24) is 4.98 Å². The van der Waals surface area contributed by atoms with Gasteiger partial charge in [-0.1, -0.05) is 24.3 Å². The fourth-order valence-corrected chi connectivity index (χ4v) is 3.33. The summed E-state index contributed by atoms with van der Waals surface area (Å²) in [5, 5.41) is 9.65. The minimum atomic E-state index is -5.91. The lowest BCUT2D eigenvalue weighted by Gasteiger charge is -2.29. The molecule has 0 saturated heterocycles. The van der Waals surface area contributed by atoms with E-state index in [1.165, 1.54) is 30.5 Å². The lowest BCUT2D eigenvalue weighted by atomic mass is 10.0. The maximum absolute atomic E-state index is 13.8. The molecule has 39 heavy (non-hydrogen) atoms. The summed E-state index contributed by atoms with van der Waals surface area (Å²) in [6, 6.07) is 9.18. The normalized spacial score (nSPS) is 13.3. The van der Waals surface area contributed by atoms with Crippen molar-refractivity contribution in [3.63, 3.8) is 0 Å². The number of hydrogen-bond acceptors (Lipinski definition) is 5. The van der Waals surface area contributed by atoms with Crippen molar-refractivity contribution in [3.8, 4) is 17.2 Å². The fraction of sp³-hybridized carbons (Fsp3) is 0.292. The molecule has 1 unspecified atom stereocenters. The molecule has 15 heteroatoms. The molecule has 0 spiro atoms. The van der Waals surface area contributed by atoms with Crippen molar-refractivity contribution in [2.45, 2.75) is 37.5 Å². The number of ether oxygens (including phenoxy) is 2. The first-order valence-electron chi connectivity index (χ1n) is 10.8. The number of aromatic nitrogens is 1. The predicted molar refractivity (Wildman–Crippen MR) is 117 cm³/mol. The van der Waals surface area contributed by atoms with E-state index < -0.39 is 55.4 Å². The third kappa shape index (κ3) is 7.65. The Morgan fingerprint density at radius 2 is 1.56 bits per heavy atom. The summed E-state index contributed by atoms with van der Waals surface area (Å²) < 4.78 is 141. The van der Waals surface area contributed by atoms with E-state index >= 15 is 0 Å². The van der Waals surface area contributed by atoms with E-state index in [0.29, 0.717) is 12.1 Å². The van der Waals surface area contributed by atoms with Crippen LogP contribution in [0.5, 0.6) is 17.2 Å².